The molecule has 0 spiro atoms. The molecule has 1 aliphatic heterocycles. The summed E-state index contributed by atoms with van der Waals surface area (Å²) < 4.78 is 16.0. The number of nitrogens with two attached hydrogens (primary N) is 1. The van der Waals surface area contributed by atoms with Gasteiger partial charge in [-0.05, 0) is 12.5 Å². The molecule has 1 aromatic rings. The number of methoxy groups -OCH3 is 1. The maximum atomic E-state index is 5.84. The van der Waals surface area contributed by atoms with Crippen LogP contribution in [0.25, 0.3) is 0 Å². The van der Waals surface area contributed by atoms with Crippen LogP contribution in [0.15, 0.2) is 12.1 Å². The van der Waals surface area contributed by atoms with Crippen molar-refractivity contribution in [3.63, 3.8) is 0 Å². The van der Waals surface area contributed by atoms with E-state index >= 15 is 0 Å². The SMILES string of the molecule is COc1cc2c(cc1C1CC1N)OCO2. The van der Waals surface area contributed by atoms with Crippen molar-refractivity contribution in [1.82, 2.24) is 0 Å². The van der Waals surface area contributed by atoms with Gasteiger partial charge in [0.1, 0.15) is 5.75 Å². The maximum absolute atomic E-state index is 5.84. The molecule has 1 heterocycles. The largest absolute Gasteiger partial charge is 0.496 e. The Morgan fingerprint density at radius 2 is 2.00 bits per heavy atom. The highest BCUT2D eigenvalue weighted by Gasteiger charge is 2.38. The average molecular weight is 207 g/mol. The van der Waals surface area contributed by atoms with Crippen molar-refractivity contribution < 1.29 is 14.2 Å². The van der Waals surface area contributed by atoms with Crippen LogP contribution in [-0.2, 0) is 0 Å². The molecule has 4 heteroatoms. The average Bonchev–Trinajstić information content (AvgIpc) is 2.79. The molecule has 2 aliphatic rings. The van der Waals surface area contributed by atoms with E-state index in [1.165, 1.54) is 0 Å². The predicted octanol–water partition coefficient (Wildman–Crippen LogP) is 1.24. The molecule has 15 heavy (non-hydrogen) atoms. The maximum Gasteiger partial charge on any atom is 0.231 e. The van der Waals surface area contributed by atoms with Crippen molar-refractivity contribution in [3.05, 3.63) is 17.7 Å². The molecule has 2 N–H and O–H groups in total. The fourth-order valence-corrected chi connectivity index (χ4v) is 1.98. The van der Waals surface area contributed by atoms with E-state index in [0.717, 1.165) is 29.2 Å². The van der Waals surface area contributed by atoms with Crippen LogP contribution in [0.2, 0.25) is 0 Å². The minimum absolute atomic E-state index is 0.263. The Morgan fingerprint density at radius 3 is 2.60 bits per heavy atom. The van der Waals surface area contributed by atoms with Gasteiger partial charge in [0.15, 0.2) is 11.5 Å². The van der Waals surface area contributed by atoms with Crippen molar-refractivity contribution in [1.29, 1.82) is 0 Å². The Balaban J connectivity index is 2.04. The molecule has 2 atom stereocenters. The molecule has 2 unspecified atom stereocenters. The van der Waals surface area contributed by atoms with Crippen LogP contribution >= 0.6 is 0 Å². The summed E-state index contributed by atoms with van der Waals surface area (Å²) in [6.45, 7) is 0.290. The van der Waals surface area contributed by atoms with Gasteiger partial charge in [-0.1, -0.05) is 0 Å². The summed E-state index contributed by atoms with van der Waals surface area (Å²) in [5.41, 5.74) is 6.97. The van der Waals surface area contributed by atoms with E-state index in [1.54, 1.807) is 7.11 Å². The first-order valence-corrected chi connectivity index (χ1v) is 5.02. The minimum Gasteiger partial charge on any atom is -0.496 e. The summed E-state index contributed by atoms with van der Waals surface area (Å²) in [4.78, 5) is 0. The van der Waals surface area contributed by atoms with Crippen molar-refractivity contribution in [2.24, 2.45) is 5.73 Å². The summed E-state index contributed by atoms with van der Waals surface area (Å²) in [5.74, 6) is 2.81. The zero-order chi connectivity index (χ0) is 10.4. The number of fused-ring (bicyclic) bond motifs is 1. The van der Waals surface area contributed by atoms with Gasteiger partial charge in [0.2, 0.25) is 6.79 Å². The van der Waals surface area contributed by atoms with Crippen LogP contribution in [0.5, 0.6) is 17.2 Å². The highest BCUT2D eigenvalue weighted by molar-refractivity contribution is 5.54. The van der Waals surface area contributed by atoms with Gasteiger partial charge in [-0.3, -0.25) is 0 Å². The second-order valence-electron chi connectivity index (χ2n) is 3.95. The second kappa shape index (κ2) is 3.03. The predicted molar refractivity (Wildman–Crippen MR) is 54.5 cm³/mol. The summed E-state index contributed by atoms with van der Waals surface area (Å²) in [6, 6.07) is 4.13. The fourth-order valence-electron chi connectivity index (χ4n) is 1.98. The van der Waals surface area contributed by atoms with E-state index in [-0.39, 0.29) is 6.04 Å². The summed E-state index contributed by atoms with van der Waals surface area (Å²) in [6.07, 6.45) is 1.02. The van der Waals surface area contributed by atoms with E-state index in [1.807, 2.05) is 12.1 Å². The molecule has 1 fully saturated rings. The summed E-state index contributed by atoms with van der Waals surface area (Å²) in [5, 5.41) is 0. The highest BCUT2D eigenvalue weighted by Crippen LogP contribution is 2.48. The fraction of sp³-hybridized carbons (Fsp3) is 0.455. The third kappa shape index (κ3) is 1.33. The molecule has 1 aromatic carbocycles. The standard InChI is InChI=1S/C11H13NO3/c1-13-9-4-11-10(14-5-15-11)3-7(9)6-2-8(6)12/h3-4,6,8H,2,5,12H2,1H3. The number of ether oxygens (including phenoxy) is 3. The van der Waals surface area contributed by atoms with Gasteiger partial charge in [0, 0.05) is 23.6 Å². The van der Waals surface area contributed by atoms with E-state index in [0.29, 0.717) is 12.7 Å². The van der Waals surface area contributed by atoms with Crippen LogP contribution in [0, 0.1) is 0 Å². The van der Waals surface area contributed by atoms with Crippen molar-refractivity contribution in [3.8, 4) is 17.2 Å². The quantitative estimate of drug-likeness (QED) is 0.792. The third-order valence-electron chi connectivity index (χ3n) is 2.96. The number of hydrogen-bond donors (Lipinski definition) is 1. The molecule has 80 valence electrons. The number of rotatable bonds is 2. The second-order valence-corrected chi connectivity index (χ2v) is 3.95. The lowest BCUT2D eigenvalue weighted by Crippen LogP contribution is -2.02. The van der Waals surface area contributed by atoms with Gasteiger partial charge < -0.3 is 19.9 Å². The summed E-state index contributed by atoms with van der Waals surface area (Å²) >= 11 is 0. The molecule has 3 rings (SSSR count). The topological polar surface area (TPSA) is 53.7 Å². The van der Waals surface area contributed by atoms with Gasteiger partial charge in [-0.15, -0.1) is 0 Å². The molecular weight excluding hydrogens is 194 g/mol. The van der Waals surface area contributed by atoms with Crippen LogP contribution in [0.1, 0.15) is 17.9 Å². The molecule has 0 saturated heterocycles. The molecule has 4 nitrogen and oxygen atoms in total. The van der Waals surface area contributed by atoms with E-state index < -0.39 is 0 Å². The Hall–Kier alpha value is -1.42. The molecule has 0 radical (unpaired) electrons. The Morgan fingerprint density at radius 1 is 1.33 bits per heavy atom. The van der Waals surface area contributed by atoms with Crippen molar-refractivity contribution in [2.75, 3.05) is 13.9 Å². The van der Waals surface area contributed by atoms with Gasteiger partial charge in [0.25, 0.3) is 0 Å². The van der Waals surface area contributed by atoms with E-state index in [2.05, 4.69) is 0 Å². The minimum atomic E-state index is 0.263. The lowest BCUT2D eigenvalue weighted by atomic mass is 10.1. The van der Waals surface area contributed by atoms with Crippen molar-refractivity contribution >= 4 is 0 Å². The van der Waals surface area contributed by atoms with Gasteiger partial charge in [-0.25, -0.2) is 0 Å². The molecule has 0 bridgehead atoms. The number of hydrogen-bond acceptors (Lipinski definition) is 4. The molecular formula is C11H13NO3. The van der Waals surface area contributed by atoms with Crippen molar-refractivity contribution in [2.45, 2.75) is 18.4 Å². The summed E-state index contributed by atoms with van der Waals surface area (Å²) in [7, 11) is 1.66. The van der Waals surface area contributed by atoms with E-state index in [9.17, 15) is 0 Å². The smallest absolute Gasteiger partial charge is 0.231 e. The molecule has 0 amide bonds. The Kier molecular flexibility index (Phi) is 1.79. The zero-order valence-electron chi connectivity index (χ0n) is 8.53. The lowest BCUT2D eigenvalue weighted by molar-refractivity contribution is 0.174. The van der Waals surface area contributed by atoms with Crippen LogP contribution in [-0.4, -0.2) is 19.9 Å². The van der Waals surface area contributed by atoms with Crippen LogP contribution < -0.4 is 19.9 Å². The first-order valence-electron chi connectivity index (χ1n) is 5.02. The first-order chi connectivity index (χ1) is 7.29. The molecule has 1 aliphatic carbocycles. The van der Waals surface area contributed by atoms with Crippen LogP contribution in [0.4, 0.5) is 0 Å². The molecule has 0 aromatic heterocycles. The normalized spacial score (nSPS) is 26.5. The van der Waals surface area contributed by atoms with E-state index in [4.69, 9.17) is 19.9 Å². The Bertz CT molecular complexity index is 405. The Labute approximate surface area is 87.9 Å². The first kappa shape index (κ1) is 8.85. The van der Waals surface area contributed by atoms with Crippen LogP contribution in [0.3, 0.4) is 0 Å². The number of benzene rings is 1. The van der Waals surface area contributed by atoms with Gasteiger partial charge in [0.05, 0.1) is 7.11 Å². The van der Waals surface area contributed by atoms with Gasteiger partial charge in [-0.2, -0.15) is 0 Å². The highest BCUT2D eigenvalue weighted by atomic mass is 16.7. The monoisotopic (exact) mass is 207 g/mol. The van der Waals surface area contributed by atoms with Gasteiger partial charge >= 0.3 is 0 Å². The zero-order valence-corrected chi connectivity index (χ0v) is 8.53. The third-order valence-corrected chi connectivity index (χ3v) is 2.96. The molecule has 1 saturated carbocycles. The lowest BCUT2D eigenvalue weighted by Gasteiger charge is -2.08.